The molecule has 0 saturated carbocycles. The van der Waals surface area contributed by atoms with Crippen molar-refractivity contribution in [2.24, 2.45) is 0 Å². The molecular weight excluding hydrogens is 303 g/mol. The summed E-state index contributed by atoms with van der Waals surface area (Å²) in [6, 6.07) is 14.8. The van der Waals surface area contributed by atoms with Crippen LogP contribution in [0.25, 0.3) is 0 Å². The second kappa shape index (κ2) is 5.65. The van der Waals surface area contributed by atoms with Crippen molar-refractivity contribution in [1.82, 2.24) is 0 Å². The average Bonchev–Trinajstić information content (AvgIpc) is 2.30. The normalized spacial score (nSPS) is 12.4. The van der Waals surface area contributed by atoms with Crippen molar-refractivity contribution in [2.45, 2.75) is 11.2 Å². The molecule has 17 heavy (non-hydrogen) atoms. The van der Waals surface area contributed by atoms with Crippen LogP contribution in [0.5, 0.6) is 0 Å². The monoisotopic (exact) mass is 312 g/mol. The number of hydrogen-bond donors (Lipinski definition) is 0. The molecule has 0 nitrogen and oxygen atoms in total. The summed E-state index contributed by atoms with van der Waals surface area (Å²) in [5.41, 5.74) is 1.81. The predicted molar refractivity (Wildman–Crippen MR) is 73.2 cm³/mol. The third-order valence-electron chi connectivity index (χ3n) is 2.56. The minimum atomic E-state index is -0.268. The van der Waals surface area contributed by atoms with Gasteiger partial charge in [0.25, 0.3) is 0 Å². The van der Waals surface area contributed by atoms with Crippen LogP contribution in [0.2, 0.25) is 5.02 Å². The Morgan fingerprint density at radius 2 is 1.82 bits per heavy atom. The summed E-state index contributed by atoms with van der Waals surface area (Å²) in [5.74, 6) is -0.268. The van der Waals surface area contributed by atoms with Gasteiger partial charge in [-0.2, -0.15) is 0 Å². The highest BCUT2D eigenvalue weighted by molar-refractivity contribution is 9.09. The molecule has 0 fully saturated rings. The molecule has 2 aromatic rings. The van der Waals surface area contributed by atoms with E-state index in [1.807, 2.05) is 30.3 Å². The van der Waals surface area contributed by atoms with Gasteiger partial charge < -0.3 is 0 Å². The molecular formula is C14H11BrClF. The first kappa shape index (κ1) is 12.6. The summed E-state index contributed by atoms with van der Waals surface area (Å²) >= 11 is 9.24. The zero-order chi connectivity index (χ0) is 12.3. The molecule has 2 aromatic carbocycles. The van der Waals surface area contributed by atoms with Gasteiger partial charge in [-0.3, -0.25) is 0 Å². The highest BCUT2D eigenvalue weighted by Gasteiger charge is 2.13. The zero-order valence-corrected chi connectivity index (χ0v) is 11.4. The Morgan fingerprint density at radius 1 is 1.12 bits per heavy atom. The second-order valence-electron chi connectivity index (χ2n) is 3.82. The third kappa shape index (κ3) is 3.30. The minimum absolute atomic E-state index is 0.0397. The van der Waals surface area contributed by atoms with Crippen LogP contribution in [0.4, 0.5) is 4.39 Å². The van der Waals surface area contributed by atoms with E-state index in [2.05, 4.69) is 15.9 Å². The SMILES string of the molecule is Fc1cc(Cl)ccc1C(Br)Cc1ccccc1. The summed E-state index contributed by atoms with van der Waals surface area (Å²) in [7, 11) is 0. The first-order valence-electron chi connectivity index (χ1n) is 5.30. The number of hydrogen-bond acceptors (Lipinski definition) is 0. The summed E-state index contributed by atoms with van der Waals surface area (Å²) in [4.78, 5) is -0.0397. The predicted octanol–water partition coefficient (Wildman–Crippen LogP) is 5.16. The van der Waals surface area contributed by atoms with Crippen molar-refractivity contribution in [3.8, 4) is 0 Å². The van der Waals surface area contributed by atoms with E-state index in [0.29, 0.717) is 10.6 Å². The number of rotatable bonds is 3. The summed E-state index contributed by atoms with van der Waals surface area (Å²) in [5, 5.41) is 0.422. The molecule has 1 unspecified atom stereocenters. The van der Waals surface area contributed by atoms with E-state index in [-0.39, 0.29) is 10.6 Å². The van der Waals surface area contributed by atoms with Crippen molar-refractivity contribution in [2.75, 3.05) is 0 Å². The van der Waals surface area contributed by atoms with Crippen LogP contribution < -0.4 is 0 Å². The van der Waals surface area contributed by atoms with Crippen molar-refractivity contribution < 1.29 is 4.39 Å². The molecule has 0 aromatic heterocycles. The Hall–Kier alpha value is -0.860. The van der Waals surface area contributed by atoms with Crippen molar-refractivity contribution in [3.63, 3.8) is 0 Å². The Morgan fingerprint density at radius 3 is 2.47 bits per heavy atom. The fourth-order valence-electron chi connectivity index (χ4n) is 1.69. The van der Waals surface area contributed by atoms with Crippen LogP contribution in [-0.4, -0.2) is 0 Å². The molecule has 0 aliphatic rings. The molecule has 88 valence electrons. The molecule has 0 amide bonds. The van der Waals surface area contributed by atoms with Crippen LogP contribution in [0.15, 0.2) is 48.5 Å². The highest BCUT2D eigenvalue weighted by atomic mass is 79.9. The molecule has 2 rings (SSSR count). The first-order valence-corrected chi connectivity index (χ1v) is 6.59. The van der Waals surface area contributed by atoms with Gasteiger partial charge in [-0.1, -0.05) is 63.9 Å². The number of benzene rings is 2. The zero-order valence-electron chi connectivity index (χ0n) is 9.04. The number of alkyl halides is 1. The summed E-state index contributed by atoms with van der Waals surface area (Å²) in [6.45, 7) is 0. The van der Waals surface area contributed by atoms with Crippen LogP contribution in [0, 0.1) is 5.82 Å². The summed E-state index contributed by atoms with van der Waals surface area (Å²) < 4.78 is 13.7. The van der Waals surface area contributed by atoms with Crippen LogP contribution in [-0.2, 0) is 6.42 Å². The molecule has 0 heterocycles. The summed E-state index contributed by atoms with van der Waals surface area (Å²) in [6.07, 6.45) is 0.749. The van der Waals surface area contributed by atoms with Crippen molar-refractivity contribution in [3.05, 3.63) is 70.5 Å². The molecule has 0 spiro atoms. The van der Waals surface area contributed by atoms with Gasteiger partial charge in [0.15, 0.2) is 0 Å². The van der Waals surface area contributed by atoms with E-state index in [1.54, 1.807) is 12.1 Å². The molecule has 3 heteroatoms. The lowest BCUT2D eigenvalue weighted by Gasteiger charge is -2.11. The van der Waals surface area contributed by atoms with E-state index in [0.717, 1.165) is 6.42 Å². The lowest BCUT2D eigenvalue weighted by Crippen LogP contribution is -1.98. The largest absolute Gasteiger partial charge is 0.207 e. The molecule has 1 atom stereocenters. The maximum Gasteiger partial charge on any atom is 0.129 e. The second-order valence-corrected chi connectivity index (χ2v) is 5.36. The Balaban J connectivity index is 2.17. The number of halogens is 3. The fraction of sp³-hybridized carbons (Fsp3) is 0.143. The van der Waals surface area contributed by atoms with Gasteiger partial charge in [0.1, 0.15) is 5.82 Å². The molecule has 0 radical (unpaired) electrons. The van der Waals surface area contributed by atoms with E-state index in [1.165, 1.54) is 11.6 Å². The highest BCUT2D eigenvalue weighted by Crippen LogP contribution is 2.30. The maximum atomic E-state index is 13.7. The Bertz CT molecular complexity index is 499. The van der Waals surface area contributed by atoms with Crippen molar-refractivity contribution >= 4 is 27.5 Å². The quantitative estimate of drug-likeness (QED) is 0.687. The van der Waals surface area contributed by atoms with Crippen molar-refractivity contribution in [1.29, 1.82) is 0 Å². The van der Waals surface area contributed by atoms with Gasteiger partial charge in [-0.05, 0) is 24.1 Å². The third-order valence-corrected chi connectivity index (χ3v) is 3.61. The standard InChI is InChI=1S/C14H11BrClF/c15-13(8-10-4-2-1-3-5-10)12-7-6-11(16)9-14(12)17/h1-7,9,13H,8H2. The Labute approximate surface area is 114 Å². The molecule has 0 bridgehead atoms. The van der Waals surface area contributed by atoms with E-state index in [9.17, 15) is 4.39 Å². The van der Waals surface area contributed by atoms with E-state index in [4.69, 9.17) is 11.6 Å². The van der Waals surface area contributed by atoms with Crippen LogP contribution >= 0.6 is 27.5 Å². The van der Waals surface area contributed by atoms with Gasteiger partial charge in [-0.15, -0.1) is 0 Å². The molecule has 0 N–H and O–H groups in total. The first-order chi connectivity index (χ1) is 8.16. The maximum absolute atomic E-state index is 13.7. The smallest absolute Gasteiger partial charge is 0.129 e. The van der Waals surface area contributed by atoms with E-state index < -0.39 is 0 Å². The molecule has 0 aliphatic heterocycles. The van der Waals surface area contributed by atoms with Gasteiger partial charge >= 0.3 is 0 Å². The lowest BCUT2D eigenvalue weighted by atomic mass is 10.0. The molecule has 0 saturated heterocycles. The van der Waals surface area contributed by atoms with Gasteiger partial charge in [0, 0.05) is 15.4 Å². The fourth-order valence-corrected chi connectivity index (χ4v) is 2.59. The van der Waals surface area contributed by atoms with Gasteiger partial charge in [0.2, 0.25) is 0 Å². The van der Waals surface area contributed by atoms with E-state index >= 15 is 0 Å². The molecule has 0 aliphatic carbocycles. The Kier molecular flexibility index (Phi) is 4.19. The van der Waals surface area contributed by atoms with Gasteiger partial charge in [0.05, 0.1) is 0 Å². The van der Waals surface area contributed by atoms with Crippen LogP contribution in [0.1, 0.15) is 16.0 Å². The minimum Gasteiger partial charge on any atom is -0.207 e. The van der Waals surface area contributed by atoms with Crippen LogP contribution in [0.3, 0.4) is 0 Å². The lowest BCUT2D eigenvalue weighted by molar-refractivity contribution is 0.608. The topological polar surface area (TPSA) is 0 Å². The van der Waals surface area contributed by atoms with Gasteiger partial charge in [-0.25, -0.2) is 4.39 Å². The average molecular weight is 314 g/mol.